The summed E-state index contributed by atoms with van der Waals surface area (Å²) < 4.78 is 12.4. The summed E-state index contributed by atoms with van der Waals surface area (Å²) in [5.41, 5.74) is 2.47. The minimum Gasteiger partial charge on any atom is -0.496 e. The molecule has 0 radical (unpaired) electrons. The third-order valence-electron chi connectivity index (χ3n) is 3.21. The molecule has 1 N–H and O–H groups in total. The van der Waals surface area contributed by atoms with Crippen molar-refractivity contribution in [3.05, 3.63) is 27.7 Å². The third kappa shape index (κ3) is 2.87. The molecule has 3 nitrogen and oxygen atoms in total. The molecule has 1 heterocycles. The molecule has 0 aliphatic carbocycles. The zero-order valence-corrected chi connectivity index (χ0v) is 12.7. The van der Waals surface area contributed by atoms with Gasteiger partial charge >= 0.3 is 0 Å². The van der Waals surface area contributed by atoms with Gasteiger partial charge in [0.25, 0.3) is 0 Å². The molecule has 2 rings (SSSR count). The highest BCUT2D eigenvalue weighted by molar-refractivity contribution is 9.10. The molecular weight excluding hydrogens is 294 g/mol. The van der Waals surface area contributed by atoms with Crippen LogP contribution in [0.15, 0.2) is 16.6 Å². The van der Waals surface area contributed by atoms with Crippen LogP contribution >= 0.6 is 15.9 Å². The molecule has 1 fully saturated rings. The Hall–Kier alpha value is -0.580. The number of hydrogen-bond donors (Lipinski definition) is 1. The van der Waals surface area contributed by atoms with Crippen molar-refractivity contribution < 1.29 is 9.47 Å². The minimum absolute atomic E-state index is 0.113. The van der Waals surface area contributed by atoms with Crippen LogP contribution < -0.4 is 10.1 Å². The molecular formula is C14H20BrNO2. The second-order valence-electron chi connectivity index (χ2n) is 4.83. The van der Waals surface area contributed by atoms with Crippen molar-refractivity contribution in [3.8, 4) is 5.75 Å². The van der Waals surface area contributed by atoms with Crippen LogP contribution in [0.1, 0.15) is 37.0 Å². The standard InChI is InChI=1S/C14H20BrNO2/c1-9(2)14-11(13-8-16-4-5-18-13)6-10(15)7-12(14)17-3/h6-7,9,13,16H,4-5,8H2,1-3H3. The van der Waals surface area contributed by atoms with Crippen molar-refractivity contribution in [2.45, 2.75) is 25.9 Å². The summed E-state index contributed by atoms with van der Waals surface area (Å²) in [7, 11) is 1.72. The Balaban J connectivity index is 2.45. The summed E-state index contributed by atoms with van der Waals surface area (Å²) in [6.07, 6.45) is 0.113. The van der Waals surface area contributed by atoms with Crippen LogP contribution in [0.3, 0.4) is 0 Å². The maximum Gasteiger partial charge on any atom is 0.123 e. The van der Waals surface area contributed by atoms with E-state index in [1.54, 1.807) is 7.11 Å². The first-order chi connectivity index (χ1) is 8.63. The zero-order chi connectivity index (χ0) is 13.1. The Labute approximate surface area is 117 Å². The van der Waals surface area contributed by atoms with E-state index in [1.807, 2.05) is 6.07 Å². The van der Waals surface area contributed by atoms with Gasteiger partial charge in [-0.05, 0) is 23.6 Å². The SMILES string of the molecule is COc1cc(Br)cc(C2CNCCO2)c1C(C)C. The van der Waals surface area contributed by atoms with E-state index in [4.69, 9.17) is 9.47 Å². The van der Waals surface area contributed by atoms with Gasteiger partial charge < -0.3 is 14.8 Å². The molecule has 1 atom stereocenters. The number of methoxy groups -OCH3 is 1. The van der Waals surface area contributed by atoms with E-state index < -0.39 is 0 Å². The summed E-state index contributed by atoms with van der Waals surface area (Å²) in [5.74, 6) is 1.34. The van der Waals surface area contributed by atoms with Crippen molar-refractivity contribution in [2.24, 2.45) is 0 Å². The second-order valence-corrected chi connectivity index (χ2v) is 5.74. The summed E-state index contributed by atoms with van der Waals surface area (Å²) in [4.78, 5) is 0. The van der Waals surface area contributed by atoms with Crippen LogP contribution in [0, 0.1) is 0 Å². The smallest absolute Gasteiger partial charge is 0.123 e. The van der Waals surface area contributed by atoms with Gasteiger partial charge in [-0.3, -0.25) is 0 Å². The van der Waals surface area contributed by atoms with Gasteiger partial charge in [-0.2, -0.15) is 0 Å². The number of ether oxygens (including phenoxy) is 2. The Morgan fingerprint density at radius 2 is 2.22 bits per heavy atom. The maximum atomic E-state index is 5.87. The van der Waals surface area contributed by atoms with Crippen molar-refractivity contribution in [2.75, 3.05) is 26.8 Å². The van der Waals surface area contributed by atoms with Gasteiger partial charge in [0.05, 0.1) is 19.8 Å². The van der Waals surface area contributed by atoms with E-state index >= 15 is 0 Å². The molecule has 1 saturated heterocycles. The van der Waals surface area contributed by atoms with Gasteiger partial charge in [-0.25, -0.2) is 0 Å². The van der Waals surface area contributed by atoms with Crippen LogP contribution in [0.5, 0.6) is 5.75 Å². The number of rotatable bonds is 3. The summed E-state index contributed by atoms with van der Waals surface area (Å²) in [6, 6.07) is 4.17. The number of halogens is 1. The average molecular weight is 314 g/mol. The van der Waals surface area contributed by atoms with Gasteiger partial charge in [-0.15, -0.1) is 0 Å². The van der Waals surface area contributed by atoms with Gasteiger partial charge in [-0.1, -0.05) is 29.8 Å². The Morgan fingerprint density at radius 3 is 2.78 bits per heavy atom. The molecule has 1 aromatic carbocycles. The lowest BCUT2D eigenvalue weighted by Crippen LogP contribution is -2.34. The van der Waals surface area contributed by atoms with E-state index in [9.17, 15) is 0 Å². The molecule has 18 heavy (non-hydrogen) atoms. The molecule has 0 amide bonds. The number of hydrogen-bond acceptors (Lipinski definition) is 3. The molecule has 1 aliphatic heterocycles. The predicted molar refractivity (Wildman–Crippen MR) is 76.3 cm³/mol. The van der Waals surface area contributed by atoms with Crippen molar-refractivity contribution in [1.29, 1.82) is 0 Å². The van der Waals surface area contributed by atoms with Crippen LogP contribution in [0.25, 0.3) is 0 Å². The Kier molecular flexibility index (Phi) is 4.65. The lowest BCUT2D eigenvalue weighted by Gasteiger charge is -2.28. The average Bonchev–Trinajstić information content (AvgIpc) is 2.38. The first-order valence-corrected chi connectivity index (χ1v) is 7.12. The van der Waals surface area contributed by atoms with Crippen molar-refractivity contribution in [1.82, 2.24) is 5.32 Å². The molecule has 100 valence electrons. The van der Waals surface area contributed by atoms with Crippen molar-refractivity contribution >= 4 is 15.9 Å². The minimum atomic E-state index is 0.113. The fourth-order valence-electron chi connectivity index (χ4n) is 2.43. The lowest BCUT2D eigenvalue weighted by molar-refractivity contribution is 0.0268. The van der Waals surface area contributed by atoms with Gasteiger partial charge in [0.1, 0.15) is 5.75 Å². The highest BCUT2D eigenvalue weighted by Crippen LogP contribution is 2.37. The molecule has 0 aromatic heterocycles. The summed E-state index contributed by atoms with van der Waals surface area (Å²) >= 11 is 3.55. The van der Waals surface area contributed by atoms with Crippen LogP contribution in [0.2, 0.25) is 0 Å². The zero-order valence-electron chi connectivity index (χ0n) is 11.1. The number of morpholine rings is 1. The largest absolute Gasteiger partial charge is 0.496 e. The summed E-state index contributed by atoms with van der Waals surface area (Å²) in [6.45, 7) is 6.92. The fraction of sp³-hybridized carbons (Fsp3) is 0.571. The number of benzene rings is 1. The van der Waals surface area contributed by atoms with E-state index in [0.29, 0.717) is 5.92 Å². The molecule has 0 saturated carbocycles. The van der Waals surface area contributed by atoms with E-state index in [2.05, 4.69) is 41.2 Å². The topological polar surface area (TPSA) is 30.5 Å². The molecule has 0 bridgehead atoms. The normalized spacial score (nSPS) is 20.2. The van der Waals surface area contributed by atoms with E-state index in [1.165, 1.54) is 11.1 Å². The van der Waals surface area contributed by atoms with Gasteiger partial charge in [0, 0.05) is 23.1 Å². The second kappa shape index (κ2) is 6.04. The molecule has 0 spiro atoms. The highest BCUT2D eigenvalue weighted by Gasteiger charge is 2.23. The molecule has 4 heteroatoms. The third-order valence-corrected chi connectivity index (χ3v) is 3.67. The molecule has 1 aromatic rings. The monoisotopic (exact) mass is 313 g/mol. The first-order valence-electron chi connectivity index (χ1n) is 6.33. The summed E-state index contributed by atoms with van der Waals surface area (Å²) in [5, 5.41) is 3.38. The first kappa shape index (κ1) is 13.8. The number of nitrogens with one attached hydrogen (secondary N) is 1. The fourth-order valence-corrected chi connectivity index (χ4v) is 2.89. The highest BCUT2D eigenvalue weighted by atomic mass is 79.9. The van der Waals surface area contributed by atoms with Crippen LogP contribution in [0.4, 0.5) is 0 Å². The Bertz CT molecular complexity index is 415. The van der Waals surface area contributed by atoms with Crippen LogP contribution in [-0.2, 0) is 4.74 Å². The quantitative estimate of drug-likeness (QED) is 0.929. The van der Waals surface area contributed by atoms with Gasteiger partial charge in [0.15, 0.2) is 0 Å². The lowest BCUT2D eigenvalue weighted by atomic mass is 9.92. The Morgan fingerprint density at radius 1 is 1.44 bits per heavy atom. The maximum absolute atomic E-state index is 5.87. The van der Waals surface area contributed by atoms with E-state index in [0.717, 1.165) is 29.9 Å². The van der Waals surface area contributed by atoms with Gasteiger partial charge in [0.2, 0.25) is 0 Å². The predicted octanol–water partition coefficient (Wildman–Crippen LogP) is 3.24. The van der Waals surface area contributed by atoms with Crippen molar-refractivity contribution in [3.63, 3.8) is 0 Å². The molecule has 1 aliphatic rings. The van der Waals surface area contributed by atoms with Crippen LogP contribution in [-0.4, -0.2) is 26.8 Å². The van der Waals surface area contributed by atoms with E-state index in [-0.39, 0.29) is 6.10 Å². The molecule has 1 unspecified atom stereocenters.